The molecule has 1 saturated carbocycles. The van der Waals surface area contributed by atoms with Gasteiger partial charge in [-0.3, -0.25) is 0 Å². The Hall–Kier alpha value is -1.06. The molecule has 1 aromatic rings. The maximum atomic E-state index is 5.96. The van der Waals surface area contributed by atoms with Gasteiger partial charge in [-0.1, -0.05) is 38.3 Å². The highest BCUT2D eigenvalue weighted by atomic mass is 16.5. The first-order valence-electron chi connectivity index (χ1n) is 8.35. The van der Waals surface area contributed by atoms with Crippen molar-refractivity contribution in [1.29, 1.82) is 0 Å². The molecule has 118 valence electrons. The average molecular weight is 291 g/mol. The van der Waals surface area contributed by atoms with Crippen LogP contribution in [0.3, 0.4) is 0 Å². The molecule has 0 aromatic heterocycles. The van der Waals surface area contributed by atoms with Crippen LogP contribution in [-0.2, 0) is 11.2 Å². The summed E-state index contributed by atoms with van der Waals surface area (Å²) in [7, 11) is 0. The van der Waals surface area contributed by atoms with Gasteiger partial charge in [-0.25, -0.2) is 0 Å². The predicted molar refractivity (Wildman–Crippen MR) is 86.7 cm³/mol. The summed E-state index contributed by atoms with van der Waals surface area (Å²) in [4.78, 5) is 0. The molecule has 1 fully saturated rings. The third-order valence-corrected chi connectivity index (χ3v) is 4.37. The molecule has 0 spiro atoms. The maximum absolute atomic E-state index is 5.96. The van der Waals surface area contributed by atoms with Crippen molar-refractivity contribution in [1.82, 2.24) is 0 Å². The number of benzene rings is 1. The first kappa shape index (κ1) is 16.3. The summed E-state index contributed by atoms with van der Waals surface area (Å²) in [6.45, 7) is 4.29. The second-order valence-electron chi connectivity index (χ2n) is 5.96. The summed E-state index contributed by atoms with van der Waals surface area (Å²) in [5, 5.41) is 0. The van der Waals surface area contributed by atoms with E-state index in [0.29, 0.717) is 25.9 Å². The van der Waals surface area contributed by atoms with E-state index >= 15 is 0 Å². The smallest absolute Gasteiger partial charge is 0.119 e. The zero-order valence-corrected chi connectivity index (χ0v) is 13.2. The molecule has 1 aliphatic rings. The van der Waals surface area contributed by atoms with Crippen LogP contribution >= 0.6 is 0 Å². The molecule has 2 N–H and O–H groups in total. The molecule has 1 aliphatic carbocycles. The molecule has 0 bridgehead atoms. The molecule has 0 amide bonds. The molecule has 2 rings (SSSR count). The fourth-order valence-corrected chi connectivity index (χ4v) is 3.06. The fraction of sp³-hybridized carbons (Fsp3) is 0.667. The highest BCUT2D eigenvalue weighted by Crippen LogP contribution is 2.28. The summed E-state index contributed by atoms with van der Waals surface area (Å²) in [6, 6.07) is 8.18. The summed E-state index contributed by atoms with van der Waals surface area (Å²) < 4.78 is 11.7. The average Bonchev–Trinajstić information content (AvgIpc) is 2.53. The van der Waals surface area contributed by atoms with Crippen LogP contribution in [0.5, 0.6) is 5.75 Å². The third kappa shape index (κ3) is 5.68. The Kier molecular flexibility index (Phi) is 7.04. The van der Waals surface area contributed by atoms with Crippen molar-refractivity contribution in [2.45, 2.75) is 51.6 Å². The first-order valence-corrected chi connectivity index (χ1v) is 8.35. The zero-order chi connectivity index (χ0) is 14.9. The zero-order valence-electron chi connectivity index (χ0n) is 13.2. The number of nitrogens with two attached hydrogens (primary N) is 1. The van der Waals surface area contributed by atoms with Gasteiger partial charge in [-0.05, 0) is 49.4 Å². The summed E-state index contributed by atoms with van der Waals surface area (Å²) in [6.07, 6.45) is 7.78. The minimum Gasteiger partial charge on any atom is -0.491 e. The number of ether oxygens (including phenoxy) is 2. The summed E-state index contributed by atoms with van der Waals surface area (Å²) in [5.74, 6) is 1.77. The second-order valence-corrected chi connectivity index (χ2v) is 5.96. The monoisotopic (exact) mass is 291 g/mol. The van der Waals surface area contributed by atoms with Crippen LogP contribution in [0.2, 0.25) is 0 Å². The van der Waals surface area contributed by atoms with E-state index in [1.165, 1.54) is 37.7 Å². The number of hydrogen-bond donors (Lipinski definition) is 1. The van der Waals surface area contributed by atoms with Crippen LogP contribution in [0.1, 0.15) is 44.6 Å². The van der Waals surface area contributed by atoms with Gasteiger partial charge in [0.1, 0.15) is 12.4 Å². The van der Waals surface area contributed by atoms with Gasteiger partial charge in [0.25, 0.3) is 0 Å². The normalized spacial score (nSPS) is 22.2. The molecule has 2 atom stereocenters. The fourth-order valence-electron chi connectivity index (χ4n) is 3.06. The van der Waals surface area contributed by atoms with E-state index in [9.17, 15) is 0 Å². The van der Waals surface area contributed by atoms with Crippen molar-refractivity contribution in [2.75, 3.05) is 19.8 Å². The van der Waals surface area contributed by atoms with E-state index in [-0.39, 0.29) is 0 Å². The van der Waals surface area contributed by atoms with E-state index in [0.717, 1.165) is 18.1 Å². The van der Waals surface area contributed by atoms with Gasteiger partial charge in [0.15, 0.2) is 0 Å². The van der Waals surface area contributed by atoms with Crippen molar-refractivity contribution in [3.63, 3.8) is 0 Å². The Balaban J connectivity index is 1.62. The van der Waals surface area contributed by atoms with Gasteiger partial charge >= 0.3 is 0 Å². The lowest BCUT2D eigenvalue weighted by Gasteiger charge is -2.28. The maximum Gasteiger partial charge on any atom is 0.119 e. The molecule has 21 heavy (non-hydrogen) atoms. The Labute approximate surface area is 128 Å². The number of rotatable bonds is 8. The number of hydrogen-bond acceptors (Lipinski definition) is 3. The van der Waals surface area contributed by atoms with Crippen LogP contribution < -0.4 is 10.5 Å². The van der Waals surface area contributed by atoms with Gasteiger partial charge in [0.05, 0.1) is 12.7 Å². The Morgan fingerprint density at radius 3 is 2.67 bits per heavy atom. The third-order valence-electron chi connectivity index (χ3n) is 4.37. The topological polar surface area (TPSA) is 44.5 Å². The van der Waals surface area contributed by atoms with E-state index in [1.54, 1.807) is 0 Å². The van der Waals surface area contributed by atoms with Gasteiger partial charge < -0.3 is 15.2 Å². The predicted octanol–water partition coefficient (Wildman–Crippen LogP) is 3.55. The largest absolute Gasteiger partial charge is 0.491 e. The quantitative estimate of drug-likeness (QED) is 0.745. The Morgan fingerprint density at radius 1 is 1.14 bits per heavy atom. The first-order chi connectivity index (χ1) is 10.3. The Morgan fingerprint density at radius 2 is 1.95 bits per heavy atom. The standard InChI is InChI=1S/C18H29NO2/c1-2-15-4-3-5-18(14-15)21-13-12-20-17-8-6-16(7-9-17)10-11-19/h6-9,15,18H,2-5,10-14,19H2,1H3. The molecule has 0 heterocycles. The molecule has 1 aromatic carbocycles. The lowest BCUT2D eigenvalue weighted by molar-refractivity contribution is -0.000660. The van der Waals surface area contributed by atoms with E-state index in [2.05, 4.69) is 19.1 Å². The van der Waals surface area contributed by atoms with Crippen LogP contribution in [0, 0.1) is 5.92 Å². The molecule has 0 radical (unpaired) electrons. The molecular weight excluding hydrogens is 262 g/mol. The van der Waals surface area contributed by atoms with Crippen molar-refractivity contribution < 1.29 is 9.47 Å². The van der Waals surface area contributed by atoms with Gasteiger partial charge in [-0.2, -0.15) is 0 Å². The lowest BCUT2D eigenvalue weighted by Crippen LogP contribution is -2.24. The molecule has 2 unspecified atom stereocenters. The summed E-state index contributed by atoms with van der Waals surface area (Å²) >= 11 is 0. The molecule has 3 heteroatoms. The van der Waals surface area contributed by atoms with Crippen molar-refractivity contribution in [3.8, 4) is 5.75 Å². The van der Waals surface area contributed by atoms with E-state index in [1.807, 2.05) is 12.1 Å². The minimum atomic E-state index is 0.444. The van der Waals surface area contributed by atoms with Crippen molar-refractivity contribution in [2.24, 2.45) is 11.7 Å². The van der Waals surface area contributed by atoms with Crippen molar-refractivity contribution in [3.05, 3.63) is 29.8 Å². The van der Waals surface area contributed by atoms with Crippen LogP contribution in [0.15, 0.2) is 24.3 Å². The summed E-state index contributed by atoms with van der Waals surface area (Å²) in [5.41, 5.74) is 6.80. The Bertz CT molecular complexity index is 391. The van der Waals surface area contributed by atoms with Gasteiger partial charge in [0.2, 0.25) is 0 Å². The van der Waals surface area contributed by atoms with Gasteiger partial charge in [0, 0.05) is 0 Å². The van der Waals surface area contributed by atoms with Crippen LogP contribution in [0.4, 0.5) is 0 Å². The molecule has 0 saturated heterocycles. The van der Waals surface area contributed by atoms with Crippen LogP contribution in [-0.4, -0.2) is 25.9 Å². The molecule has 3 nitrogen and oxygen atoms in total. The lowest BCUT2D eigenvalue weighted by atomic mass is 9.85. The SMILES string of the molecule is CCC1CCCC(OCCOc2ccc(CCN)cc2)C1. The molecular formula is C18H29NO2. The van der Waals surface area contributed by atoms with Gasteiger partial charge in [-0.15, -0.1) is 0 Å². The van der Waals surface area contributed by atoms with Crippen LogP contribution in [0.25, 0.3) is 0 Å². The second kappa shape index (κ2) is 9.06. The highest BCUT2D eigenvalue weighted by Gasteiger charge is 2.20. The molecule has 0 aliphatic heterocycles. The van der Waals surface area contributed by atoms with E-state index < -0.39 is 0 Å². The van der Waals surface area contributed by atoms with Crippen molar-refractivity contribution >= 4 is 0 Å². The van der Waals surface area contributed by atoms with E-state index in [4.69, 9.17) is 15.2 Å². The minimum absolute atomic E-state index is 0.444. The highest BCUT2D eigenvalue weighted by molar-refractivity contribution is 5.27.